The van der Waals surface area contributed by atoms with Gasteiger partial charge >= 0.3 is 17.9 Å². The van der Waals surface area contributed by atoms with Gasteiger partial charge in [-0.1, -0.05) is 175 Å². The van der Waals surface area contributed by atoms with E-state index in [4.69, 9.17) is 14.2 Å². The Kier molecular flexibility index (Phi) is 33.5. The quantitative estimate of drug-likeness (QED) is 0.0385. The Morgan fingerprint density at radius 3 is 1.07 bits per heavy atom. The molecular formula is C40H76O6. The predicted octanol–water partition coefficient (Wildman–Crippen LogP) is 12.0. The van der Waals surface area contributed by atoms with Gasteiger partial charge in [-0.05, 0) is 25.2 Å². The Balaban J connectivity index is 4.33. The van der Waals surface area contributed by atoms with E-state index in [1.54, 1.807) is 0 Å². The summed E-state index contributed by atoms with van der Waals surface area (Å²) in [5, 5.41) is 0. The van der Waals surface area contributed by atoms with Crippen LogP contribution in [0.1, 0.15) is 214 Å². The molecule has 0 amide bonds. The van der Waals surface area contributed by atoms with Crippen LogP contribution in [0.2, 0.25) is 0 Å². The Morgan fingerprint density at radius 1 is 0.413 bits per heavy atom. The van der Waals surface area contributed by atoms with Gasteiger partial charge < -0.3 is 14.2 Å². The summed E-state index contributed by atoms with van der Waals surface area (Å²) in [6, 6.07) is 0. The van der Waals surface area contributed by atoms with Crippen LogP contribution in [-0.2, 0) is 28.6 Å². The van der Waals surface area contributed by atoms with Gasteiger partial charge in [0.15, 0.2) is 6.10 Å². The minimum atomic E-state index is -0.756. The average Bonchev–Trinajstić information content (AvgIpc) is 3.03. The molecule has 0 N–H and O–H groups in total. The number of unbranched alkanes of at least 4 members (excludes halogenated alkanes) is 22. The lowest BCUT2D eigenvalue weighted by atomic mass is 10.0. The van der Waals surface area contributed by atoms with E-state index < -0.39 is 6.10 Å². The van der Waals surface area contributed by atoms with Gasteiger partial charge in [-0.2, -0.15) is 0 Å². The molecule has 272 valence electrons. The summed E-state index contributed by atoms with van der Waals surface area (Å²) in [5.74, 6) is -0.0906. The van der Waals surface area contributed by atoms with Crippen LogP contribution in [0.25, 0.3) is 0 Å². The number of rotatable bonds is 35. The van der Waals surface area contributed by atoms with Gasteiger partial charge in [0, 0.05) is 19.3 Å². The maximum Gasteiger partial charge on any atom is 0.306 e. The van der Waals surface area contributed by atoms with E-state index >= 15 is 0 Å². The Bertz CT molecular complexity index is 691. The van der Waals surface area contributed by atoms with E-state index in [1.807, 2.05) is 0 Å². The third kappa shape index (κ3) is 33.8. The first-order valence-electron chi connectivity index (χ1n) is 19.9. The van der Waals surface area contributed by atoms with Gasteiger partial charge in [-0.3, -0.25) is 14.4 Å². The summed E-state index contributed by atoms with van der Waals surface area (Å²) in [4.78, 5) is 37.3. The highest BCUT2D eigenvalue weighted by Gasteiger charge is 2.19. The summed E-state index contributed by atoms with van der Waals surface area (Å²) < 4.78 is 16.6. The zero-order valence-corrected chi connectivity index (χ0v) is 31.0. The van der Waals surface area contributed by atoms with Crippen molar-refractivity contribution in [2.24, 2.45) is 5.92 Å². The molecule has 0 spiro atoms. The molecule has 0 saturated carbocycles. The monoisotopic (exact) mass is 653 g/mol. The van der Waals surface area contributed by atoms with Gasteiger partial charge in [0.05, 0.1) is 0 Å². The molecule has 6 heteroatoms. The summed E-state index contributed by atoms with van der Waals surface area (Å²) >= 11 is 0. The SMILES string of the molecule is CCCCCCCCCCCCCC(=O)O[C@@H](COC(=O)CCCCCCCCC)COC(=O)CCCCCCCCCC(C)C. The second-order valence-corrected chi connectivity index (χ2v) is 14.0. The molecule has 0 fully saturated rings. The maximum atomic E-state index is 12.6. The smallest absolute Gasteiger partial charge is 0.306 e. The lowest BCUT2D eigenvalue weighted by Crippen LogP contribution is -2.30. The third-order valence-electron chi connectivity index (χ3n) is 8.79. The van der Waals surface area contributed by atoms with Crippen LogP contribution < -0.4 is 0 Å². The molecular weight excluding hydrogens is 576 g/mol. The van der Waals surface area contributed by atoms with E-state index in [2.05, 4.69) is 27.7 Å². The average molecular weight is 653 g/mol. The van der Waals surface area contributed by atoms with Crippen LogP contribution in [0.5, 0.6) is 0 Å². The fourth-order valence-electron chi connectivity index (χ4n) is 5.74. The van der Waals surface area contributed by atoms with Gasteiger partial charge in [0.2, 0.25) is 0 Å². The van der Waals surface area contributed by atoms with Crippen molar-refractivity contribution in [1.29, 1.82) is 0 Å². The molecule has 0 aromatic rings. The zero-order chi connectivity index (χ0) is 33.9. The normalized spacial score (nSPS) is 11.9. The lowest BCUT2D eigenvalue weighted by molar-refractivity contribution is -0.167. The molecule has 0 aliphatic carbocycles. The van der Waals surface area contributed by atoms with Crippen molar-refractivity contribution in [1.82, 2.24) is 0 Å². The minimum Gasteiger partial charge on any atom is -0.462 e. The molecule has 0 aromatic heterocycles. The van der Waals surface area contributed by atoms with Gasteiger partial charge in [-0.15, -0.1) is 0 Å². The van der Waals surface area contributed by atoms with Crippen molar-refractivity contribution in [3.63, 3.8) is 0 Å². The van der Waals surface area contributed by atoms with E-state index in [1.165, 1.54) is 109 Å². The second kappa shape index (κ2) is 34.7. The van der Waals surface area contributed by atoms with Gasteiger partial charge in [-0.25, -0.2) is 0 Å². The summed E-state index contributed by atoms with van der Waals surface area (Å²) in [6.45, 7) is 8.87. The first-order valence-corrected chi connectivity index (χ1v) is 19.9. The van der Waals surface area contributed by atoms with Crippen LogP contribution in [0.15, 0.2) is 0 Å². The Morgan fingerprint density at radius 2 is 0.717 bits per heavy atom. The summed E-state index contributed by atoms with van der Waals surface area (Å²) in [7, 11) is 0. The van der Waals surface area contributed by atoms with Crippen LogP contribution in [-0.4, -0.2) is 37.2 Å². The van der Waals surface area contributed by atoms with E-state index in [0.29, 0.717) is 19.3 Å². The summed E-state index contributed by atoms with van der Waals surface area (Å²) in [5.41, 5.74) is 0. The molecule has 0 unspecified atom stereocenters. The first kappa shape index (κ1) is 44.4. The number of carbonyl (C=O) groups is 3. The number of esters is 3. The Labute approximate surface area is 285 Å². The zero-order valence-electron chi connectivity index (χ0n) is 31.0. The van der Waals surface area contributed by atoms with Crippen LogP contribution >= 0.6 is 0 Å². The predicted molar refractivity (Wildman–Crippen MR) is 192 cm³/mol. The molecule has 46 heavy (non-hydrogen) atoms. The number of carbonyl (C=O) groups excluding carboxylic acids is 3. The molecule has 0 saturated heterocycles. The van der Waals surface area contributed by atoms with Crippen LogP contribution in [0.4, 0.5) is 0 Å². The molecule has 0 aliphatic heterocycles. The van der Waals surface area contributed by atoms with Crippen LogP contribution in [0, 0.1) is 5.92 Å². The molecule has 0 bridgehead atoms. The largest absolute Gasteiger partial charge is 0.462 e. The van der Waals surface area contributed by atoms with Crippen molar-refractivity contribution < 1.29 is 28.6 Å². The van der Waals surface area contributed by atoms with Crippen molar-refractivity contribution in [3.05, 3.63) is 0 Å². The number of hydrogen-bond acceptors (Lipinski definition) is 6. The molecule has 0 aromatic carbocycles. The topological polar surface area (TPSA) is 78.9 Å². The highest BCUT2D eigenvalue weighted by molar-refractivity contribution is 5.71. The lowest BCUT2D eigenvalue weighted by Gasteiger charge is -2.18. The molecule has 0 radical (unpaired) electrons. The summed E-state index contributed by atoms with van der Waals surface area (Å²) in [6.07, 6.45) is 31.0. The minimum absolute atomic E-state index is 0.0661. The maximum absolute atomic E-state index is 12.6. The fraction of sp³-hybridized carbons (Fsp3) is 0.925. The van der Waals surface area contributed by atoms with Crippen molar-refractivity contribution in [2.75, 3.05) is 13.2 Å². The highest BCUT2D eigenvalue weighted by atomic mass is 16.6. The van der Waals surface area contributed by atoms with E-state index in [9.17, 15) is 14.4 Å². The first-order chi connectivity index (χ1) is 22.4. The second-order valence-electron chi connectivity index (χ2n) is 14.0. The van der Waals surface area contributed by atoms with Crippen LogP contribution in [0.3, 0.4) is 0 Å². The van der Waals surface area contributed by atoms with E-state index in [0.717, 1.165) is 63.7 Å². The Hall–Kier alpha value is -1.59. The highest BCUT2D eigenvalue weighted by Crippen LogP contribution is 2.15. The van der Waals surface area contributed by atoms with Crippen molar-refractivity contribution >= 4 is 17.9 Å². The molecule has 6 nitrogen and oxygen atoms in total. The molecule has 1 atom stereocenters. The fourth-order valence-corrected chi connectivity index (χ4v) is 5.74. The van der Waals surface area contributed by atoms with Gasteiger partial charge in [0.1, 0.15) is 13.2 Å². The van der Waals surface area contributed by atoms with Crippen molar-refractivity contribution in [2.45, 2.75) is 220 Å². The standard InChI is InChI=1S/C40H76O6/c1-5-7-9-11-13-14-15-16-20-25-29-33-40(43)46-37(34-44-38(41)31-27-23-18-12-10-8-6-2)35-45-39(42)32-28-24-21-17-19-22-26-30-36(3)4/h36-37H,5-35H2,1-4H3/t37-/m0/s1. The molecule has 0 heterocycles. The molecule has 0 rings (SSSR count). The number of hydrogen-bond donors (Lipinski definition) is 0. The van der Waals surface area contributed by atoms with Crippen molar-refractivity contribution in [3.8, 4) is 0 Å². The van der Waals surface area contributed by atoms with Gasteiger partial charge in [0.25, 0.3) is 0 Å². The number of ether oxygens (including phenoxy) is 3. The van der Waals surface area contributed by atoms with E-state index in [-0.39, 0.29) is 31.1 Å². The third-order valence-corrected chi connectivity index (χ3v) is 8.79. The molecule has 0 aliphatic rings.